The number of aromatic nitrogens is 5. The first-order valence-corrected chi connectivity index (χ1v) is 9.15. The summed E-state index contributed by atoms with van der Waals surface area (Å²) in [6.07, 6.45) is 1.53. The molecule has 1 N–H and O–H groups in total. The normalized spacial score (nSPS) is 15.1. The highest BCUT2D eigenvalue weighted by molar-refractivity contribution is 6.35. The van der Waals surface area contributed by atoms with E-state index < -0.39 is 0 Å². The molecule has 0 fully saturated rings. The molecular weight excluding hydrogens is 383 g/mol. The van der Waals surface area contributed by atoms with Crippen LogP contribution < -0.4 is 5.32 Å². The van der Waals surface area contributed by atoms with Crippen LogP contribution in [0, 0.1) is 6.92 Å². The summed E-state index contributed by atoms with van der Waals surface area (Å²) in [6, 6.07) is 15.2. The van der Waals surface area contributed by atoms with Crippen LogP contribution in [-0.2, 0) is 0 Å². The van der Waals surface area contributed by atoms with Gasteiger partial charge in [-0.2, -0.15) is 15.2 Å². The van der Waals surface area contributed by atoms with Gasteiger partial charge in [-0.05, 0) is 31.2 Å². The third kappa shape index (κ3) is 2.52. The number of hydrogen-bond donors (Lipinski definition) is 1. The molecule has 6 nitrogen and oxygen atoms in total. The van der Waals surface area contributed by atoms with Crippen molar-refractivity contribution in [3.8, 4) is 5.69 Å². The fourth-order valence-corrected chi connectivity index (χ4v) is 4.02. The molecule has 1 aliphatic rings. The number of aryl methyl sites for hydroxylation is 1. The predicted octanol–water partition coefficient (Wildman–Crippen LogP) is 4.77. The average molecular weight is 397 g/mol. The van der Waals surface area contributed by atoms with Crippen LogP contribution in [-0.4, -0.2) is 24.5 Å². The zero-order valence-electron chi connectivity index (χ0n) is 14.3. The van der Waals surface area contributed by atoms with Crippen LogP contribution in [0.15, 0.2) is 54.9 Å². The summed E-state index contributed by atoms with van der Waals surface area (Å²) in [6.45, 7) is 1.98. The largest absolute Gasteiger partial charge is 0.309 e. The van der Waals surface area contributed by atoms with E-state index in [1.54, 1.807) is 6.07 Å². The number of benzene rings is 2. The molecule has 0 bridgehead atoms. The molecule has 3 heterocycles. The Bertz CT molecular complexity index is 1150. The highest BCUT2D eigenvalue weighted by atomic mass is 35.5. The van der Waals surface area contributed by atoms with Gasteiger partial charge in [0, 0.05) is 21.2 Å². The highest BCUT2D eigenvalue weighted by Gasteiger charge is 2.34. The van der Waals surface area contributed by atoms with Crippen LogP contribution in [0.25, 0.3) is 5.69 Å². The number of halogens is 2. The van der Waals surface area contributed by atoms with Gasteiger partial charge in [0.25, 0.3) is 0 Å². The highest BCUT2D eigenvalue weighted by Crippen LogP contribution is 2.43. The van der Waals surface area contributed by atoms with Crippen LogP contribution >= 0.6 is 23.2 Å². The average Bonchev–Trinajstić information content (AvgIpc) is 3.26. The minimum Gasteiger partial charge on any atom is -0.309 e. The summed E-state index contributed by atoms with van der Waals surface area (Å²) in [5, 5.41) is 13.7. The van der Waals surface area contributed by atoms with E-state index in [1.165, 1.54) is 6.33 Å². The third-order valence-electron chi connectivity index (χ3n) is 4.69. The molecule has 0 amide bonds. The first kappa shape index (κ1) is 16.4. The first-order chi connectivity index (χ1) is 13.1. The van der Waals surface area contributed by atoms with Crippen LogP contribution in [0.3, 0.4) is 0 Å². The van der Waals surface area contributed by atoms with Crippen molar-refractivity contribution in [2.75, 3.05) is 5.32 Å². The molecule has 1 atom stereocenters. The molecule has 8 heteroatoms. The maximum Gasteiger partial charge on any atom is 0.227 e. The lowest BCUT2D eigenvalue weighted by atomic mass is 9.97. The Morgan fingerprint density at radius 3 is 2.67 bits per heavy atom. The number of nitrogens with zero attached hydrogens (tertiary/aromatic N) is 5. The third-order valence-corrected chi connectivity index (χ3v) is 5.25. The van der Waals surface area contributed by atoms with Crippen molar-refractivity contribution in [1.82, 2.24) is 24.5 Å². The Morgan fingerprint density at radius 1 is 1.07 bits per heavy atom. The minimum absolute atomic E-state index is 0.249. The molecule has 27 heavy (non-hydrogen) atoms. The van der Waals surface area contributed by atoms with Gasteiger partial charge in [0.15, 0.2) is 0 Å². The quantitative estimate of drug-likeness (QED) is 0.466. The molecule has 0 spiro atoms. The van der Waals surface area contributed by atoms with Crippen LogP contribution in [0.4, 0.5) is 11.8 Å². The van der Waals surface area contributed by atoms with E-state index in [4.69, 9.17) is 28.3 Å². The topological polar surface area (TPSA) is 60.6 Å². The number of anilines is 2. The summed E-state index contributed by atoms with van der Waals surface area (Å²) in [5.74, 6) is 1.49. The van der Waals surface area contributed by atoms with Crippen LogP contribution in [0.2, 0.25) is 10.0 Å². The molecule has 4 aromatic rings. The summed E-state index contributed by atoms with van der Waals surface area (Å²) in [4.78, 5) is 4.35. The Morgan fingerprint density at radius 2 is 1.89 bits per heavy atom. The van der Waals surface area contributed by atoms with Crippen molar-refractivity contribution >= 4 is 35.0 Å². The van der Waals surface area contributed by atoms with E-state index in [2.05, 4.69) is 15.4 Å². The molecule has 0 radical (unpaired) electrons. The Balaban J connectivity index is 1.77. The molecule has 0 aliphatic carbocycles. The number of hydrogen-bond acceptors (Lipinski definition) is 4. The van der Waals surface area contributed by atoms with Crippen molar-refractivity contribution in [3.63, 3.8) is 0 Å². The molecular formula is C19H14Cl2N6. The van der Waals surface area contributed by atoms with Gasteiger partial charge in [-0.1, -0.05) is 47.5 Å². The van der Waals surface area contributed by atoms with Gasteiger partial charge in [0.1, 0.15) is 18.2 Å². The fraction of sp³-hybridized carbons (Fsp3) is 0.105. The fourth-order valence-electron chi connectivity index (χ4n) is 3.51. The van der Waals surface area contributed by atoms with E-state index in [-0.39, 0.29) is 6.04 Å². The molecule has 1 aliphatic heterocycles. The predicted molar refractivity (Wildman–Crippen MR) is 105 cm³/mol. The molecule has 0 saturated carbocycles. The van der Waals surface area contributed by atoms with E-state index in [0.29, 0.717) is 16.0 Å². The number of para-hydroxylation sites is 1. The van der Waals surface area contributed by atoms with Crippen LogP contribution in [0.5, 0.6) is 0 Å². The van der Waals surface area contributed by atoms with Gasteiger partial charge in [-0.15, -0.1) is 0 Å². The Labute approximate surface area is 165 Å². The van der Waals surface area contributed by atoms with Gasteiger partial charge in [-0.3, -0.25) is 0 Å². The van der Waals surface area contributed by atoms with Crippen molar-refractivity contribution in [3.05, 3.63) is 81.7 Å². The zero-order valence-corrected chi connectivity index (χ0v) is 15.8. The molecule has 2 aromatic heterocycles. The van der Waals surface area contributed by atoms with Crippen molar-refractivity contribution in [2.24, 2.45) is 0 Å². The second kappa shape index (κ2) is 6.11. The molecule has 134 valence electrons. The molecule has 0 saturated heterocycles. The number of nitrogens with one attached hydrogen (secondary N) is 1. The maximum absolute atomic E-state index is 6.55. The SMILES string of the molecule is Cc1nn(-c2ccccc2)c2c1C(c1ccc(Cl)cc1Cl)n1ncnc1N2. The van der Waals surface area contributed by atoms with Crippen molar-refractivity contribution in [2.45, 2.75) is 13.0 Å². The van der Waals surface area contributed by atoms with Crippen LogP contribution in [0.1, 0.15) is 22.9 Å². The van der Waals surface area contributed by atoms with Gasteiger partial charge < -0.3 is 5.32 Å². The lowest BCUT2D eigenvalue weighted by Gasteiger charge is -2.27. The monoisotopic (exact) mass is 396 g/mol. The molecule has 1 unspecified atom stereocenters. The second-order valence-electron chi connectivity index (χ2n) is 6.32. The zero-order chi connectivity index (χ0) is 18.5. The first-order valence-electron chi connectivity index (χ1n) is 8.40. The summed E-state index contributed by atoms with van der Waals surface area (Å²) in [5.41, 5.74) is 3.74. The van der Waals surface area contributed by atoms with Gasteiger partial charge in [-0.25, -0.2) is 9.36 Å². The van der Waals surface area contributed by atoms with E-state index >= 15 is 0 Å². The second-order valence-corrected chi connectivity index (χ2v) is 7.16. The van der Waals surface area contributed by atoms with Gasteiger partial charge in [0.05, 0.1) is 11.4 Å². The molecule has 2 aromatic carbocycles. The maximum atomic E-state index is 6.55. The minimum atomic E-state index is -0.249. The standard InChI is InChI=1S/C19H14Cl2N6/c1-11-16-17(14-8-7-12(20)9-15(14)21)27-19(22-10-23-27)24-18(16)26(25-11)13-5-3-2-4-6-13/h2-10,17H,1H3,(H,22,23,24). The Kier molecular flexibility index (Phi) is 3.70. The van der Waals surface area contributed by atoms with Gasteiger partial charge in [0.2, 0.25) is 5.95 Å². The number of rotatable bonds is 2. The summed E-state index contributed by atoms with van der Waals surface area (Å²) < 4.78 is 3.71. The lowest BCUT2D eigenvalue weighted by Crippen LogP contribution is -2.23. The smallest absolute Gasteiger partial charge is 0.227 e. The van der Waals surface area contributed by atoms with E-state index in [9.17, 15) is 0 Å². The number of fused-ring (bicyclic) bond motifs is 2. The Hall–Kier alpha value is -2.83. The van der Waals surface area contributed by atoms with Gasteiger partial charge >= 0.3 is 0 Å². The lowest BCUT2D eigenvalue weighted by molar-refractivity contribution is 0.590. The summed E-state index contributed by atoms with van der Waals surface area (Å²) >= 11 is 12.6. The van der Waals surface area contributed by atoms with E-state index in [0.717, 1.165) is 28.3 Å². The van der Waals surface area contributed by atoms with Crippen molar-refractivity contribution < 1.29 is 0 Å². The summed E-state index contributed by atoms with van der Waals surface area (Å²) in [7, 11) is 0. The van der Waals surface area contributed by atoms with E-state index in [1.807, 2.05) is 58.8 Å². The van der Waals surface area contributed by atoms with Crippen molar-refractivity contribution in [1.29, 1.82) is 0 Å². The molecule has 5 rings (SSSR count).